The standard InChI is InChI=1S/C13H26N2/c1-13(2,3)15-8-6-11-9-14(4)7-5-12(11)10-15/h11-12H,5-10H2,1-4H3. The summed E-state index contributed by atoms with van der Waals surface area (Å²) in [7, 11) is 2.27. The number of rotatable bonds is 0. The lowest BCUT2D eigenvalue weighted by Crippen LogP contribution is -2.53. The van der Waals surface area contributed by atoms with Gasteiger partial charge in [0.1, 0.15) is 0 Å². The molecule has 2 heteroatoms. The number of likely N-dealkylation sites (tertiary alicyclic amines) is 2. The Morgan fingerprint density at radius 1 is 0.933 bits per heavy atom. The summed E-state index contributed by atoms with van der Waals surface area (Å²) in [5, 5.41) is 0. The third-order valence-corrected chi connectivity index (χ3v) is 4.27. The predicted octanol–water partition coefficient (Wildman–Crippen LogP) is 2.06. The lowest BCUT2D eigenvalue weighted by Gasteiger charge is -2.48. The summed E-state index contributed by atoms with van der Waals surface area (Å²) in [6, 6.07) is 0. The van der Waals surface area contributed by atoms with E-state index in [9.17, 15) is 0 Å². The van der Waals surface area contributed by atoms with Crippen LogP contribution in [0.4, 0.5) is 0 Å². The molecule has 0 saturated carbocycles. The van der Waals surface area contributed by atoms with Crippen LogP contribution in [0.5, 0.6) is 0 Å². The molecule has 2 nitrogen and oxygen atoms in total. The van der Waals surface area contributed by atoms with Gasteiger partial charge >= 0.3 is 0 Å². The van der Waals surface area contributed by atoms with Crippen LogP contribution in [0, 0.1) is 11.8 Å². The molecule has 0 aromatic heterocycles. The van der Waals surface area contributed by atoms with Crippen LogP contribution in [0.25, 0.3) is 0 Å². The van der Waals surface area contributed by atoms with Gasteiger partial charge in [-0.1, -0.05) is 0 Å². The topological polar surface area (TPSA) is 6.48 Å². The van der Waals surface area contributed by atoms with E-state index in [-0.39, 0.29) is 0 Å². The zero-order chi connectivity index (χ0) is 11.1. The van der Waals surface area contributed by atoms with Crippen LogP contribution in [0.2, 0.25) is 0 Å². The molecule has 2 rings (SSSR count). The fourth-order valence-corrected chi connectivity index (χ4v) is 3.14. The molecule has 0 spiro atoms. The molecule has 2 aliphatic heterocycles. The van der Waals surface area contributed by atoms with Crippen molar-refractivity contribution in [3.8, 4) is 0 Å². The van der Waals surface area contributed by atoms with Gasteiger partial charge in [-0.3, -0.25) is 4.90 Å². The molecule has 2 atom stereocenters. The monoisotopic (exact) mass is 210 g/mol. The normalized spacial score (nSPS) is 35.2. The van der Waals surface area contributed by atoms with Crippen molar-refractivity contribution in [2.75, 3.05) is 33.2 Å². The minimum atomic E-state index is 0.369. The summed E-state index contributed by atoms with van der Waals surface area (Å²) in [6.45, 7) is 12.3. The molecule has 2 aliphatic rings. The smallest absolute Gasteiger partial charge is 0.0125 e. The van der Waals surface area contributed by atoms with Crippen LogP contribution in [0.3, 0.4) is 0 Å². The van der Waals surface area contributed by atoms with Gasteiger partial charge in [-0.25, -0.2) is 0 Å². The second-order valence-corrected chi connectivity index (χ2v) is 6.48. The summed E-state index contributed by atoms with van der Waals surface area (Å²) in [5.41, 5.74) is 0.369. The van der Waals surface area contributed by atoms with E-state index < -0.39 is 0 Å². The SMILES string of the molecule is CN1CCC2CN(C(C)(C)C)CCC2C1. The highest BCUT2D eigenvalue weighted by molar-refractivity contribution is 4.89. The number of hydrogen-bond donors (Lipinski definition) is 0. The molecule has 2 unspecified atom stereocenters. The molecule has 2 saturated heterocycles. The molecule has 0 aromatic rings. The number of fused-ring (bicyclic) bond motifs is 1. The molecule has 0 aromatic carbocycles. The van der Waals surface area contributed by atoms with E-state index in [0.717, 1.165) is 11.8 Å². The lowest BCUT2D eigenvalue weighted by molar-refractivity contribution is 0.0102. The Hall–Kier alpha value is -0.0800. The average Bonchev–Trinajstić information content (AvgIpc) is 2.15. The van der Waals surface area contributed by atoms with Crippen molar-refractivity contribution in [2.24, 2.45) is 11.8 Å². The van der Waals surface area contributed by atoms with Gasteiger partial charge in [0.25, 0.3) is 0 Å². The van der Waals surface area contributed by atoms with E-state index in [1.165, 1.54) is 39.0 Å². The first-order valence-electron chi connectivity index (χ1n) is 6.40. The van der Waals surface area contributed by atoms with Gasteiger partial charge in [0, 0.05) is 18.6 Å². The molecule has 0 N–H and O–H groups in total. The largest absolute Gasteiger partial charge is 0.306 e. The minimum absolute atomic E-state index is 0.369. The second kappa shape index (κ2) is 4.06. The van der Waals surface area contributed by atoms with Crippen molar-refractivity contribution in [2.45, 2.75) is 39.2 Å². The zero-order valence-electron chi connectivity index (χ0n) is 10.8. The summed E-state index contributed by atoms with van der Waals surface area (Å²) in [6.07, 6.45) is 2.82. The maximum atomic E-state index is 2.68. The van der Waals surface area contributed by atoms with E-state index in [1.807, 2.05) is 0 Å². The van der Waals surface area contributed by atoms with Gasteiger partial charge in [0.2, 0.25) is 0 Å². The van der Waals surface area contributed by atoms with Gasteiger partial charge in [-0.15, -0.1) is 0 Å². The van der Waals surface area contributed by atoms with Crippen LogP contribution in [0.15, 0.2) is 0 Å². The average molecular weight is 210 g/mol. The predicted molar refractivity (Wildman–Crippen MR) is 65.0 cm³/mol. The van der Waals surface area contributed by atoms with Crippen LogP contribution in [-0.2, 0) is 0 Å². The molecule has 0 radical (unpaired) electrons. The van der Waals surface area contributed by atoms with Gasteiger partial charge < -0.3 is 4.90 Å². The highest BCUT2D eigenvalue weighted by atomic mass is 15.2. The zero-order valence-corrected chi connectivity index (χ0v) is 10.8. The quantitative estimate of drug-likeness (QED) is 0.604. The maximum Gasteiger partial charge on any atom is 0.0125 e. The minimum Gasteiger partial charge on any atom is -0.306 e. The van der Waals surface area contributed by atoms with Gasteiger partial charge in [-0.2, -0.15) is 0 Å². The lowest BCUT2D eigenvalue weighted by atomic mass is 9.79. The van der Waals surface area contributed by atoms with Crippen LogP contribution in [-0.4, -0.2) is 48.6 Å². The first kappa shape index (κ1) is 11.4. The first-order chi connectivity index (χ1) is 6.97. The summed E-state index contributed by atoms with van der Waals surface area (Å²) < 4.78 is 0. The fourth-order valence-electron chi connectivity index (χ4n) is 3.14. The molecule has 0 amide bonds. The number of nitrogens with zero attached hydrogens (tertiary/aromatic N) is 2. The van der Waals surface area contributed by atoms with Crippen LogP contribution >= 0.6 is 0 Å². The molecule has 15 heavy (non-hydrogen) atoms. The van der Waals surface area contributed by atoms with Crippen molar-refractivity contribution in [1.82, 2.24) is 9.80 Å². The maximum absolute atomic E-state index is 2.68. The van der Waals surface area contributed by atoms with E-state index >= 15 is 0 Å². The first-order valence-corrected chi connectivity index (χ1v) is 6.40. The van der Waals surface area contributed by atoms with Crippen molar-refractivity contribution in [3.63, 3.8) is 0 Å². The van der Waals surface area contributed by atoms with Gasteiger partial charge in [0.15, 0.2) is 0 Å². The van der Waals surface area contributed by atoms with Crippen molar-refractivity contribution in [3.05, 3.63) is 0 Å². The van der Waals surface area contributed by atoms with Gasteiger partial charge in [0.05, 0.1) is 0 Å². The third kappa shape index (κ3) is 2.54. The Balaban J connectivity index is 1.95. The number of piperidine rings is 2. The Labute approximate surface area is 94.6 Å². The van der Waals surface area contributed by atoms with E-state index in [1.54, 1.807) is 0 Å². The Bertz CT molecular complexity index is 219. The molecular weight excluding hydrogens is 184 g/mol. The Morgan fingerprint density at radius 3 is 2.20 bits per heavy atom. The molecular formula is C13H26N2. The van der Waals surface area contributed by atoms with Crippen molar-refractivity contribution in [1.29, 1.82) is 0 Å². The molecule has 0 bridgehead atoms. The van der Waals surface area contributed by atoms with Gasteiger partial charge in [-0.05, 0) is 65.6 Å². The third-order valence-electron chi connectivity index (χ3n) is 4.27. The summed E-state index contributed by atoms with van der Waals surface area (Å²) in [5.74, 6) is 1.94. The summed E-state index contributed by atoms with van der Waals surface area (Å²) >= 11 is 0. The molecule has 2 heterocycles. The van der Waals surface area contributed by atoms with E-state index in [2.05, 4.69) is 37.6 Å². The van der Waals surface area contributed by atoms with E-state index in [0.29, 0.717) is 5.54 Å². The molecule has 2 fully saturated rings. The van der Waals surface area contributed by atoms with Crippen LogP contribution < -0.4 is 0 Å². The highest BCUT2D eigenvalue weighted by Crippen LogP contribution is 2.33. The van der Waals surface area contributed by atoms with E-state index in [4.69, 9.17) is 0 Å². The Morgan fingerprint density at radius 2 is 1.53 bits per heavy atom. The van der Waals surface area contributed by atoms with Crippen molar-refractivity contribution >= 4 is 0 Å². The van der Waals surface area contributed by atoms with Crippen LogP contribution in [0.1, 0.15) is 33.6 Å². The molecule has 0 aliphatic carbocycles. The Kier molecular flexibility index (Phi) is 3.09. The second-order valence-electron chi connectivity index (χ2n) is 6.48. The fraction of sp³-hybridized carbons (Fsp3) is 1.00. The highest BCUT2D eigenvalue weighted by Gasteiger charge is 2.36. The molecule has 88 valence electrons. The number of hydrogen-bond acceptors (Lipinski definition) is 2. The van der Waals surface area contributed by atoms with Crippen molar-refractivity contribution < 1.29 is 0 Å². The summed E-state index contributed by atoms with van der Waals surface area (Å²) in [4.78, 5) is 5.19.